The maximum absolute atomic E-state index is 11.0. The largest absolute Gasteiger partial charge is 0.391 e. The van der Waals surface area contributed by atoms with Gasteiger partial charge < -0.3 is 10.0 Å². The Hall–Kier alpha value is -2.20. The van der Waals surface area contributed by atoms with Crippen LogP contribution in [0, 0.1) is 21.4 Å². The molecule has 2 rings (SSSR count). The van der Waals surface area contributed by atoms with Gasteiger partial charge in [0, 0.05) is 19.3 Å². The first-order chi connectivity index (χ1) is 8.13. The zero-order chi connectivity index (χ0) is 12.4. The van der Waals surface area contributed by atoms with Crippen molar-refractivity contribution in [3.8, 4) is 6.07 Å². The molecule has 7 heteroatoms. The van der Waals surface area contributed by atoms with Crippen molar-refractivity contribution in [2.45, 2.75) is 12.5 Å². The van der Waals surface area contributed by atoms with Crippen molar-refractivity contribution in [2.24, 2.45) is 0 Å². The topological polar surface area (TPSA) is 103 Å². The second-order valence-electron chi connectivity index (χ2n) is 3.79. The quantitative estimate of drug-likeness (QED) is 0.588. The first-order valence-electron chi connectivity index (χ1n) is 5.10. The number of β-amino-alcohol motifs (C(OH)–C–C–N with tert-alkyl or cyclic N) is 1. The van der Waals surface area contributed by atoms with E-state index < -0.39 is 11.0 Å². The van der Waals surface area contributed by atoms with E-state index in [9.17, 15) is 15.2 Å². The summed E-state index contributed by atoms with van der Waals surface area (Å²) in [6, 6.07) is 3.09. The van der Waals surface area contributed by atoms with E-state index in [0.717, 1.165) is 0 Å². The van der Waals surface area contributed by atoms with Gasteiger partial charge in [0.25, 0.3) is 0 Å². The van der Waals surface area contributed by atoms with Crippen LogP contribution < -0.4 is 4.90 Å². The monoisotopic (exact) mass is 234 g/mol. The summed E-state index contributed by atoms with van der Waals surface area (Å²) in [4.78, 5) is 15.9. The van der Waals surface area contributed by atoms with Gasteiger partial charge in [-0.15, -0.1) is 0 Å². The average Bonchev–Trinajstić information content (AvgIpc) is 2.74. The number of aromatic nitrogens is 1. The second kappa shape index (κ2) is 4.35. The molecule has 1 saturated heterocycles. The van der Waals surface area contributed by atoms with Gasteiger partial charge in [-0.05, 0) is 12.5 Å². The highest BCUT2D eigenvalue weighted by Crippen LogP contribution is 2.31. The molecule has 0 bridgehead atoms. The first-order valence-corrected chi connectivity index (χ1v) is 5.10. The number of rotatable bonds is 2. The van der Waals surface area contributed by atoms with Gasteiger partial charge in [-0.2, -0.15) is 5.26 Å². The van der Waals surface area contributed by atoms with E-state index in [-0.39, 0.29) is 17.1 Å². The van der Waals surface area contributed by atoms with Gasteiger partial charge in [-0.1, -0.05) is 0 Å². The number of hydrogen-bond acceptors (Lipinski definition) is 6. The number of hydrogen-bond donors (Lipinski definition) is 1. The van der Waals surface area contributed by atoms with Crippen LogP contribution in [0.4, 0.5) is 11.5 Å². The lowest BCUT2D eigenvalue weighted by Gasteiger charge is -2.16. The Balaban J connectivity index is 2.47. The van der Waals surface area contributed by atoms with Crippen molar-refractivity contribution in [1.29, 1.82) is 5.26 Å². The zero-order valence-corrected chi connectivity index (χ0v) is 8.91. The van der Waals surface area contributed by atoms with Crippen LogP contribution in [-0.4, -0.2) is 34.2 Å². The minimum atomic E-state index is -0.606. The molecule has 0 radical (unpaired) electrons. The summed E-state index contributed by atoms with van der Waals surface area (Å²) in [5, 5.41) is 29.2. The number of nitriles is 1. The molecule has 1 aliphatic heterocycles. The minimum Gasteiger partial charge on any atom is -0.391 e. The smallest absolute Gasteiger partial charge is 0.329 e. The van der Waals surface area contributed by atoms with Crippen LogP contribution in [0.3, 0.4) is 0 Å². The van der Waals surface area contributed by atoms with Crippen molar-refractivity contribution in [1.82, 2.24) is 4.98 Å². The molecule has 1 fully saturated rings. The summed E-state index contributed by atoms with van der Waals surface area (Å²) in [6.45, 7) is 0.812. The molecule has 1 aromatic rings. The van der Waals surface area contributed by atoms with E-state index in [2.05, 4.69) is 4.98 Å². The number of nitrogens with zero attached hydrogens (tertiary/aromatic N) is 4. The van der Waals surface area contributed by atoms with E-state index in [1.54, 1.807) is 11.0 Å². The van der Waals surface area contributed by atoms with Crippen LogP contribution in [-0.2, 0) is 0 Å². The van der Waals surface area contributed by atoms with Crippen LogP contribution in [0.2, 0.25) is 0 Å². The van der Waals surface area contributed by atoms with Crippen molar-refractivity contribution < 1.29 is 10.0 Å². The molecule has 0 saturated carbocycles. The molecule has 1 aliphatic rings. The SMILES string of the molecule is N#Cc1ccnc(N2CCC(O)C2)c1[N+](=O)[O-]. The summed E-state index contributed by atoms with van der Waals surface area (Å²) in [5.41, 5.74) is -0.300. The summed E-state index contributed by atoms with van der Waals surface area (Å²) in [6.07, 6.45) is 1.42. The summed E-state index contributed by atoms with van der Waals surface area (Å²) < 4.78 is 0. The molecule has 2 heterocycles. The Morgan fingerprint density at radius 1 is 1.71 bits per heavy atom. The lowest BCUT2D eigenvalue weighted by molar-refractivity contribution is -0.384. The Morgan fingerprint density at radius 3 is 3.00 bits per heavy atom. The van der Waals surface area contributed by atoms with Crippen molar-refractivity contribution >= 4 is 11.5 Å². The molecule has 1 unspecified atom stereocenters. The van der Waals surface area contributed by atoms with Crippen LogP contribution in [0.15, 0.2) is 12.3 Å². The number of pyridine rings is 1. The van der Waals surface area contributed by atoms with E-state index in [0.29, 0.717) is 19.5 Å². The van der Waals surface area contributed by atoms with Crippen LogP contribution in [0.25, 0.3) is 0 Å². The highest BCUT2D eigenvalue weighted by molar-refractivity contribution is 5.65. The van der Waals surface area contributed by atoms with Crippen molar-refractivity contribution in [2.75, 3.05) is 18.0 Å². The normalized spacial score (nSPS) is 19.1. The predicted molar refractivity (Wildman–Crippen MR) is 58.4 cm³/mol. The van der Waals surface area contributed by atoms with E-state index in [4.69, 9.17) is 5.26 Å². The number of aliphatic hydroxyl groups excluding tert-OH is 1. The molecular formula is C10H10N4O3. The molecule has 17 heavy (non-hydrogen) atoms. The van der Waals surface area contributed by atoms with Crippen LogP contribution in [0.1, 0.15) is 12.0 Å². The van der Waals surface area contributed by atoms with E-state index in [1.165, 1.54) is 12.3 Å². The molecule has 0 amide bonds. The average molecular weight is 234 g/mol. The second-order valence-corrected chi connectivity index (χ2v) is 3.79. The minimum absolute atomic E-state index is 0.0126. The van der Waals surface area contributed by atoms with Crippen molar-refractivity contribution in [3.63, 3.8) is 0 Å². The molecule has 7 nitrogen and oxygen atoms in total. The predicted octanol–water partition coefficient (Wildman–Crippen LogP) is 0.432. The Morgan fingerprint density at radius 2 is 2.47 bits per heavy atom. The highest BCUT2D eigenvalue weighted by atomic mass is 16.6. The van der Waals surface area contributed by atoms with Gasteiger partial charge in [0.05, 0.1) is 11.0 Å². The maximum Gasteiger partial charge on any atom is 0.329 e. The molecule has 1 N–H and O–H groups in total. The molecule has 88 valence electrons. The summed E-state index contributed by atoms with van der Waals surface area (Å²) in [7, 11) is 0. The Kier molecular flexibility index (Phi) is 2.89. The lowest BCUT2D eigenvalue weighted by atomic mass is 10.2. The number of aliphatic hydroxyl groups is 1. The molecule has 0 aromatic carbocycles. The standard InChI is InChI=1S/C10H10N4O3/c11-5-7-1-3-12-10(9(7)14(16)17)13-4-2-8(15)6-13/h1,3,8,15H,2,4,6H2. The van der Waals surface area contributed by atoms with Crippen LogP contribution >= 0.6 is 0 Å². The first kappa shape index (κ1) is 11.3. The zero-order valence-electron chi connectivity index (χ0n) is 8.91. The van der Waals surface area contributed by atoms with Crippen molar-refractivity contribution in [3.05, 3.63) is 27.9 Å². The fourth-order valence-corrected chi connectivity index (χ4v) is 1.88. The fourth-order valence-electron chi connectivity index (χ4n) is 1.88. The summed E-state index contributed by atoms with van der Waals surface area (Å²) >= 11 is 0. The molecular weight excluding hydrogens is 224 g/mol. The highest BCUT2D eigenvalue weighted by Gasteiger charge is 2.30. The van der Waals surface area contributed by atoms with Gasteiger partial charge in [-0.3, -0.25) is 10.1 Å². The van der Waals surface area contributed by atoms with Gasteiger partial charge in [-0.25, -0.2) is 4.98 Å². The molecule has 1 atom stereocenters. The molecule has 1 aromatic heterocycles. The third kappa shape index (κ3) is 2.03. The third-order valence-electron chi connectivity index (χ3n) is 2.67. The van der Waals surface area contributed by atoms with E-state index in [1.807, 2.05) is 0 Å². The van der Waals surface area contributed by atoms with Crippen LogP contribution in [0.5, 0.6) is 0 Å². The van der Waals surface area contributed by atoms with E-state index >= 15 is 0 Å². The maximum atomic E-state index is 11.0. The molecule has 0 spiro atoms. The van der Waals surface area contributed by atoms with Gasteiger partial charge in [0.15, 0.2) is 0 Å². The number of nitro groups is 1. The van der Waals surface area contributed by atoms with Gasteiger partial charge >= 0.3 is 5.69 Å². The fraction of sp³-hybridized carbons (Fsp3) is 0.400. The third-order valence-corrected chi connectivity index (χ3v) is 2.67. The Labute approximate surface area is 97.1 Å². The Bertz CT molecular complexity index is 497. The van der Waals surface area contributed by atoms with Gasteiger partial charge in [0.1, 0.15) is 11.6 Å². The number of anilines is 1. The molecule has 0 aliphatic carbocycles. The van der Waals surface area contributed by atoms with Gasteiger partial charge in [0.2, 0.25) is 5.82 Å². The summed E-state index contributed by atoms with van der Waals surface area (Å²) in [5.74, 6) is 0.158. The lowest BCUT2D eigenvalue weighted by Crippen LogP contribution is -2.23.